The van der Waals surface area contributed by atoms with Gasteiger partial charge in [-0.3, -0.25) is 4.79 Å². The Morgan fingerprint density at radius 3 is 2.57 bits per heavy atom. The predicted octanol–water partition coefficient (Wildman–Crippen LogP) is 5.13. The molecule has 116 valence electrons. The monoisotopic (exact) mass is 333 g/mol. The standard InChI is InChI=1S/C17H10ClF2NO2/c18-13-9-15(20)14(19)8-12(13)17(22)21-11-4-1-3-10(7-11)16-5-2-6-23-16/h1-9H,(H,21,22). The van der Waals surface area contributed by atoms with Crippen LogP contribution in [0.1, 0.15) is 10.4 Å². The summed E-state index contributed by atoms with van der Waals surface area (Å²) >= 11 is 5.79. The third kappa shape index (κ3) is 3.24. The molecule has 0 aliphatic heterocycles. The highest BCUT2D eigenvalue weighted by atomic mass is 35.5. The quantitative estimate of drug-likeness (QED) is 0.675. The molecule has 0 atom stereocenters. The van der Waals surface area contributed by atoms with Crippen molar-refractivity contribution < 1.29 is 18.0 Å². The highest BCUT2D eigenvalue weighted by Gasteiger charge is 2.15. The van der Waals surface area contributed by atoms with Gasteiger partial charge in [0.15, 0.2) is 11.6 Å². The molecule has 1 heterocycles. The second-order valence-corrected chi connectivity index (χ2v) is 5.17. The van der Waals surface area contributed by atoms with Gasteiger partial charge in [-0.1, -0.05) is 23.7 Å². The Kier molecular flexibility index (Phi) is 4.12. The third-order valence-electron chi connectivity index (χ3n) is 3.18. The molecule has 6 heteroatoms. The van der Waals surface area contributed by atoms with Crippen molar-refractivity contribution in [2.45, 2.75) is 0 Å². The summed E-state index contributed by atoms with van der Waals surface area (Å²) in [6, 6.07) is 12.0. The summed E-state index contributed by atoms with van der Waals surface area (Å²) in [5.41, 5.74) is 1.10. The molecule has 3 nitrogen and oxygen atoms in total. The number of hydrogen-bond donors (Lipinski definition) is 1. The molecule has 0 unspecified atom stereocenters. The topological polar surface area (TPSA) is 42.2 Å². The van der Waals surface area contributed by atoms with E-state index in [9.17, 15) is 13.6 Å². The molecule has 1 N–H and O–H groups in total. The van der Waals surface area contributed by atoms with Crippen LogP contribution in [-0.4, -0.2) is 5.91 Å². The van der Waals surface area contributed by atoms with Crippen molar-refractivity contribution in [2.24, 2.45) is 0 Å². The molecule has 0 aliphatic rings. The summed E-state index contributed by atoms with van der Waals surface area (Å²) in [5, 5.41) is 2.43. The zero-order valence-electron chi connectivity index (χ0n) is 11.6. The van der Waals surface area contributed by atoms with Gasteiger partial charge in [0.05, 0.1) is 16.8 Å². The average Bonchev–Trinajstić information content (AvgIpc) is 3.05. The summed E-state index contributed by atoms with van der Waals surface area (Å²) in [7, 11) is 0. The first-order valence-corrected chi connectivity index (χ1v) is 7.02. The molecule has 2 aromatic carbocycles. The minimum atomic E-state index is -1.14. The van der Waals surface area contributed by atoms with Crippen molar-refractivity contribution >= 4 is 23.2 Å². The molecular formula is C17H10ClF2NO2. The van der Waals surface area contributed by atoms with Gasteiger partial charge < -0.3 is 9.73 Å². The van der Waals surface area contributed by atoms with Gasteiger partial charge >= 0.3 is 0 Å². The van der Waals surface area contributed by atoms with E-state index in [4.69, 9.17) is 16.0 Å². The Balaban J connectivity index is 1.86. The van der Waals surface area contributed by atoms with Gasteiger partial charge in [0.25, 0.3) is 5.91 Å². The van der Waals surface area contributed by atoms with Gasteiger partial charge in [-0.2, -0.15) is 0 Å². The molecule has 0 saturated carbocycles. The molecule has 3 aromatic rings. The summed E-state index contributed by atoms with van der Waals surface area (Å²) in [6.07, 6.45) is 1.54. The van der Waals surface area contributed by atoms with Crippen LogP contribution >= 0.6 is 11.6 Å². The summed E-state index contributed by atoms with van der Waals surface area (Å²) in [5.74, 6) is -2.23. The number of anilines is 1. The van der Waals surface area contributed by atoms with Crippen molar-refractivity contribution in [2.75, 3.05) is 5.32 Å². The van der Waals surface area contributed by atoms with Gasteiger partial charge in [0.2, 0.25) is 0 Å². The van der Waals surface area contributed by atoms with Crippen LogP contribution < -0.4 is 5.32 Å². The Morgan fingerprint density at radius 1 is 1.04 bits per heavy atom. The second-order valence-electron chi connectivity index (χ2n) is 4.76. The van der Waals surface area contributed by atoms with E-state index in [0.29, 0.717) is 11.4 Å². The normalized spacial score (nSPS) is 10.6. The number of halogens is 3. The van der Waals surface area contributed by atoms with Gasteiger partial charge in [-0.25, -0.2) is 8.78 Å². The molecule has 3 rings (SSSR count). The molecule has 0 spiro atoms. The maximum atomic E-state index is 13.3. The van der Waals surface area contributed by atoms with Crippen molar-refractivity contribution in [1.82, 2.24) is 0 Å². The average molecular weight is 334 g/mol. The third-order valence-corrected chi connectivity index (χ3v) is 3.49. The maximum absolute atomic E-state index is 13.3. The summed E-state index contributed by atoms with van der Waals surface area (Å²) in [4.78, 5) is 12.2. The van der Waals surface area contributed by atoms with Crippen molar-refractivity contribution in [3.63, 3.8) is 0 Å². The first kappa shape index (κ1) is 15.2. The molecule has 0 bridgehead atoms. The number of carbonyl (C=O) groups excluding carboxylic acids is 1. The van der Waals surface area contributed by atoms with Crippen LogP contribution in [0, 0.1) is 11.6 Å². The summed E-state index contributed by atoms with van der Waals surface area (Å²) in [6.45, 7) is 0. The van der Waals surface area contributed by atoms with Gasteiger partial charge in [0.1, 0.15) is 5.76 Å². The van der Waals surface area contributed by atoms with Crippen molar-refractivity contribution in [3.8, 4) is 11.3 Å². The lowest BCUT2D eigenvalue weighted by Gasteiger charge is -2.08. The molecule has 0 saturated heterocycles. The van der Waals surface area contributed by atoms with Crippen LogP contribution in [0.4, 0.5) is 14.5 Å². The van der Waals surface area contributed by atoms with E-state index >= 15 is 0 Å². The van der Waals surface area contributed by atoms with E-state index in [1.165, 1.54) is 0 Å². The number of nitrogens with one attached hydrogen (secondary N) is 1. The van der Waals surface area contributed by atoms with Gasteiger partial charge in [0, 0.05) is 11.3 Å². The van der Waals surface area contributed by atoms with E-state index < -0.39 is 17.5 Å². The number of furan rings is 1. The molecule has 0 fully saturated rings. The number of benzene rings is 2. The Labute approximate surface area is 135 Å². The smallest absolute Gasteiger partial charge is 0.257 e. The van der Waals surface area contributed by atoms with E-state index in [1.54, 1.807) is 36.6 Å². The highest BCUT2D eigenvalue weighted by molar-refractivity contribution is 6.34. The second kappa shape index (κ2) is 6.22. The molecule has 23 heavy (non-hydrogen) atoms. The van der Waals surface area contributed by atoms with Crippen LogP contribution in [0.25, 0.3) is 11.3 Å². The Hall–Kier alpha value is -2.66. The van der Waals surface area contributed by atoms with Crippen LogP contribution in [0.3, 0.4) is 0 Å². The predicted molar refractivity (Wildman–Crippen MR) is 83.5 cm³/mol. The largest absolute Gasteiger partial charge is 0.464 e. The minimum Gasteiger partial charge on any atom is -0.464 e. The van der Waals surface area contributed by atoms with E-state index in [-0.39, 0.29) is 10.6 Å². The number of amides is 1. The number of carbonyl (C=O) groups is 1. The van der Waals surface area contributed by atoms with Crippen LogP contribution in [-0.2, 0) is 0 Å². The molecule has 1 aromatic heterocycles. The Morgan fingerprint density at radius 2 is 1.83 bits per heavy atom. The van der Waals surface area contributed by atoms with Crippen LogP contribution in [0.5, 0.6) is 0 Å². The van der Waals surface area contributed by atoms with Crippen molar-refractivity contribution in [1.29, 1.82) is 0 Å². The SMILES string of the molecule is O=C(Nc1cccc(-c2ccco2)c1)c1cc(F)c(F)cc1Cl. The maximum Gasteiger partial charge on any atom is 0.257 e. The van der Waals surface area contributed by atoms with Gasteiger partial charge in [-0.05, 0) is 36.4 Å². The highest BCUT2D eigenvalue weighted by Crippen LogP contribution is 2.25. The van der Waals surface area contributed by atoms with Crippen molar-refractivity contribution in [3.05, 3.63) is 77.0 Å². The van der Waals surface area contributed by atoms with E-state index in [1.807, 2.05) is 6.07 Å². The fraction of sp³-hybridized carbons (Fsp3) is 0. The lowest BCUT2D eigenvalue weighted by molar-refractivity contribution is 0.102. The number of hydrogen-bond acceptors (Lipinski definition) is 2. The van der Waals surface area contributed by atoms with E-state index in [0.717, 1.165) is 17.7 Å². The fourth-order valence-corrected chi connectivity index (χ4v) is 2.32. The summed E-state index contributed by atoms with van der Waals surface area (Å²) < 4.78 is 31.6. The van der Waals surface area contributed by atoms with Gasteiger partial charge in [-0.15, -0.1) is 0 Å². The number of rotatable bonds is 3. The fourth-order valence-electron chi connectivity index (χ4n) is 2.09. The first-order chi connectivity index (χ1) is 11.0. The van der Waals surface area contributed by atoms with E-state index in [2.05, 4.69) is 5.32 Å². The van der Waals surface area contributed by atoms with Crippen LogP contribution in [0.2, 0.25) is 5.02 Å². The molecular weight excluding hydrogens is 324 g/mol. The Bertz CT molecular complexity index is 863. The molecule has 0 radical (unpaired) electrons. The molecule has 0 aliphatic carbocycles. The van der Waals surface area contributed by atoms with Crippen LogP contribution in [0.15, 0.2) is 59.2 Å². The zero-order valence-corrected chi connectivity index (χ0v) is 12.4. The first-order valence-electron chi connectivity index (χ1n) is 6.64. The lowest BCUT2D eigenvalue weighted by Crippen LogP contribution is -2.13. The lowest BCUT2D eigenvalue weighted by atomic mass is 10.1. The zero-order chi connectivity index (χ0) is 16.4. The molecule has 1 amide bonds. The minimum absolute atomic E-state index is 0.144.